The number of aliphatic carboxylic acids is 1. The summed E-state index contributed by atoms with van der Waals surface area (Å²) in [5.74, 6) is -2.09. The van der Waals surface area contributed by atoms with Crippen LogP contribution in [0.1, 0.15) is 12.8 Å². The van der Waals surface area contributed by atoms with Gasteiger partial charge in [-0.2, -0.15) is 0 Å². The number of carboxylic acids is 1. The summed E-state index contributed by atoms with van der Waals surface area (Å²) in [6.45, 7) is 0. The van der Waals surface area contributed by atoms with E-state index in [2.05, 4.69) is 10.3 Å². The maximum absolute atomic E-state index is 12.5. The zero-order chi connectivity index (χ0) is 11.8. The first kappa shape index (κ1) is 10.5. The van der Waals surface area contributed by atoms with Crippen molar-refractivity contribution in [2.24, 2.45) is 5.41 Å². The SMILES string of the molecule is O=C(O)C1(C(=O)Nc2ccc(F)cn2)CC1. The Bertz CT molecular complexity index is 440. The molecule has 1 aliphatic rings. The summed E-state index contributed by atoms with van der Waals surface area (Å²) in [6, 6.07) is 2.42. The number of rotatable bonds is 3. The van der Waals surface area contributed by atoms with Crippen molar-refractivity contribution in [3.63, 3.8) is 0 Å². The smallest absolute Gasteiger partial charge is 0.319 e. The van der Waals surface area contributed by atoms with Gasteiger partial charge >= 0.3 is 5.97 Å². The lowest BCUT2D eigenvalue weighted by molar-refractivity contribution is -0.147. The number of hydrogen-bond acceptors (Lipinski definition) is 3. The van der Waals surface area contributed by atoms with E-state index in [-0.39, 0.29) is 5.82 Å². The zero-order valence-electron chi connectivity index (χ0n) is 8.24. The van der Waals surface area contributed by atoms with Crippen LogP contribution in [0.25, 0.3) is 0 Å². The third kappa shape index (κ3) is 1.73. The van der Waals surface area contributed by atoms with E-state index in [1.54, 1.807) is 0 Å². The summed E-state index contributed by atoms with van der Waals surface area (Å²) in [6.07, 6.45) is 1.61. The van der Waals surface area contributed by atoms with Crippen LogP contribution in [0.2, 0.25) is 0 Å². The molecule has 1 fully saturated rings. The predicted molar refractivity (Wildman–Crippen MR) is 52.1 cm³/mol. The van der Waals surface area contributed by atoms with Crippen molar-refractivity contribution in [1.82, 2.24) is 4.98 Å². The van der Waals surface area contributed by atoms with Gasteiger partial charge in [0.05, 0.1) is 6.20 Å². The lowest BCUT2D eigenvalue weighted by atomic mass is 10.1. The van der Waals surface area contributed by atoms with Gasteiger partial charge < -0.3 is 10.4 Å². The van der Waals surface area contributed by atoms with E-state index in [0.29, 0.717) is 12.8 Å². The van der Waals surface area contributed by atoms with Crippen molar-refractivity contribution in [3.8, 4) is 0 Å². The average Bonchev–Trinajstić information content (AvgIpc) is 3.02. The largest absolute Gasteiger partial charge is 0.480 e. The van der Waals surface area contributed by atoms with Crippen LogP contribution in [-0.2, 0) is 9.59 Å². The van der Waals surface area contributed by atoms with Crippen molar-refractivity contribution in [1.29, 1.82) is 0 Å². The molecule has 2 rings (SSSR count). The van der Waals surface area contributed by atoms with Gasteiger partial charge in [-0.05, 0) is 25.0 Å². The fraction of sp³-hybridized carbons (Fsp3) is 0.300. The summed E-state index contributed by atoms with van der Waals surface area (Å²) in [5, 5.41) is 11.2. The highest BCUT2D eigenvalue weighted by atomic mass is 19.1. The van der Waals surface area contributed by atoms with Gasteiger partial charge in [0.25, 0.3) is 0 Å². The molecular weight excluding hydrogens is 215 g/mol. The highest BCUT2D eigenvalue weighted by molar-refractivity contribution is 6.10. The maximum Gasteiger partial charge on any atom is 0.319 e. The molecule has 5 nitrogen and oxygen atoms in total. The maximum atomic E-state index is 12.5. The van der Waals surface area contributed by atoms with Gasteiger partial charge in [0, 0.05) is 0 Å². The summed E-state index contributed by atoms with van der Waals surface area (Å²) in [7, 11) is 0. The third-order valence-electron chi connectivity index (χ3n) is 2.56. The standard InChI is InChI=1S/C10H9FN2O3/c11-6-1-2-7(12-5-6)13-8(14)10(3-4-10)9(15)16/h1-2,5H,3-4H2,(H,15,16)(H,12,13,14). The molecule has 6 heteroatoms. The Morgan fingerprint density at radius 1 is 1.44 bits per heavy atom. The van der Waals surface area contributed by atoms with E-state index in [0.717, 1.165) is 12.3 Å². The molecule has 1 aromatic heterocycles. The van der Waals surface area contributed by atoms with Gasteiger partial charge in [0.2, 0.25) is 5.91 Å². The molecule has 1 amide bonds. The van der Waals surface area contributed by atoms with E-state index < -0.39 is 23.1 Å². The minimum atomic E-state index is -1.31. The first-order valence-corrected chi connectivity index (χ1v) is 4.71. The molecule has 16 heavy (non-hydrogen) atoms. The Balaban J connectivity index is 2.08. The first-order chi connectivity index (χ1) is 7.54. The van der Waals surface area contributed by atoms with Crippen molar-refractivity contribution in [2.75, 3.05) is 5.32 Å². The van der Waals surface area contributed by atoms with Crippen LogP contribution in [0, 0.1) is 11.2 Å². The van der Waals surface area contributed by atoms with Crippen molar-refractivity contribution in [2.45, 2.75) is 12.8 Å². The molecule has 1 aromatic rings. The summed E-state index contributed by atoms with van der Waals surface area (Å²) >= 11 is 0. The average molecular weight is 224 g/mol. The molecule has 0 spiro atoms. The van der Waals surface area contributed by atoms with E-state index >= 15 is 0 Å². The number of hydrogen-bond donors (Lipinski definition) is 2. The van der Waals surface area contributed by atoms with Crippen molar-refractivity contribution < 1.29 is 19.1 Å². The predicted octanol–water partition coefficient (Wildman–Crippen LogP) is 1.02. The third-order valence-corrected chi connectivity index (χ3v) is 2.56. The van der Waals surface area contributed by atoms with Gasteiger partial charge in [-0.3, -0.25) is 9.59 Å². The Morgan fingerprint density at radius 3 is 2.56 bits per heavy atom. The van der Waals surface area contributed by atoms with Crippen LogP contribution in [-0.4, -0.2) is 22.0 Å². The number of aromatic nitrogens is 1. The Hall–Kier alpha value is -1.98. The topological polar surface area (TPSA) is 79.3 Å². The van der Waals surface area contributed by atoms with Crippen LogP contribution in [0.5, 0.6) is 0 Å². The van der Waals surface area contributed by atoms with Crippen LogP contribution in [0.4, 0.5) is 10.2 Å². The molecule has 0 radical (unpaired) electrons. The van der Waals surface area contributed by atoms with Crippen molar-refractivity contribution in [3.05, 3.63) is 24.1 Å². The van der Waals surface area contributed by atoms with E-state index in [9.17, 15) is 14.0 Å². The van der Waals surface area contributed by atoms with E-state index in [1.807, 2.05) is 0 Å². The summed E-state index contributed by atoms with van der Waals surface area (Å²) in [5.41, 5.74) is -1.31. The number of nitrogens with zero attached hydrogens (tertiary/aromatic N) is 1. The molecule has 0 saturated heterocycles. The van der Waals surface area contributed by atoms with Crippen LogP contribution < -0.4 is 5.32 Å². The fourth-order valence-electron chi connectivity index (χ4n) is 1.35. The van der Waals surface area contributed by atoms with Crippen LogP contribution in [0.15, 0.2) is 18.3 Å². The molecule has 1 saturated carbocycles. The molecule has 0 aliphatic heterocycles. The number of carbonyl (C=O) groups excluding carboxylic acids is 1. The molecule has 0 bridgehead atoms. The lowest BCUT2D eigenvalue weighted by Crippen LogP contribution is -2.31. The van der Waals surface area contributed by atoms with Crippen LogP contribution in [0.3, 0.4) is 0 Å². The molecule has 0 unspecified atom stereocenters. The second-order valence-electron chi connectivity index (χ2n) is 3.70. The number of carbonyl (C=O) groups is 2. The van der Waals surface area contributed by atoms with Gasteiger partial charge in [-0.1, -0.05) is 0 Å². The second-order valence-corrected chi connectivity index (χ2v) is 3.70. The number of carboxylic acid groups (broad SMARTS) is 1. The second kappa shape index (κ2) is 3.55. The van der Waals surface area contributed by atoms with E-state index in [4.69, 9.17) is 5.11 Å². The Kier molecular flexibility index (Phi) is 2.34. The van der Waals surface area contributed by atoms with Gasteiger partial charge in [0.15, 0.2) is 0 Å². The van der Waals surface area contributed by atoms with Gasteiger partial charge in [-0.25, -0.2) is 9.37 Å². The number of halogens is 1. The highest BCUT2D eigenvalue weighted by Crippen LogP contribution is 2.46. The molecule has 84 valence electrons. The number of nitrogens with one attached hydrogen (secondary N) is 1. The summed E-state index contributed by atoms with van der Waals surface area (Å²) in [4.78, 5) is 26.0. The molecule has 1 aliphatic carbocycles. The normalized spacial score (nSPS) is 16.6. The lowest BCUT2D eigenvalue weighted by Gasteiger charge is -2.09. The number of anilines is 1. The number of amides is 1. The van der Waals surface area contributed by atoms with E-state index in [1.165, 1.54) is 6.07 Å². The highest BCUT2D eigenvalue weighted by Gasteiger charge is 2.57. The summed E-state index contributed by atoms with van der Waals surface area (Å²) < 4.78 is 12.5. The zero-order valence-corrected chi connectivity index (χ0v) is 8.24. The van der Waals surface area contributed by atoms with Crippen molar-refractivity contribution >= 4 is 17.7 Å². The van der Waals surface area contributed by atoms with Gasteiger partial charge in [0.1, 0.15) is 17.1 Å². The molecule has 2 N–H and O–H groups in total. The molecule has 0 atom stereocenters. The molecule has 0 aromatic carbocycles. The molecule has 1 heterocycles. The van der Waals surface area contributed by atoms with Gasteiger partial charge in [-0.15, -0.1) is 0 Å². The van der Waals surface area contributed by atoms with Crippen LogP contribution >= 0.6 is 0 Å². The first-order valence-electron chi connectivity index (χ1n) is 4.71. The minimum Gasteiger partial charge on any atom is -0.480 e. The quantitative estimate of drug-likeness (QED) is 0.751. The fourth-order valence-corrected chi connectivity index (χ4v) is 1.35. The monoisotopic (exact) mass is 224 g/mol. The Labute approximate surface area is 90.3 Å². The Morgan fingerprint density at radius 2 is 2.12 bits per heavy atom. The minimum absolute atomic E-state index is 0.152. The molecular formula is C10H9FN2O3. The number of pyridine rings is 1.